The fourth-order valence-corrected chi connectivity index (χ4v) is 2.81. The molecule has 0 aliphatic carbocycles. The van der Waals surface area contributed by atoms with E-state index in [1.54, 1.807) is 7.05 Å². The Morgan fingerprint density at radius 3 is 2.71 bits per heavy atom. The Morgan fingerprint density at radius 2 is 2.14 bits per heavy atom. The van der Waals surface area contributed by atoms with E-state index < -0.39 is 15.9 Å². The monoisotopic (exact) mass is 318 g/mol. The maximum atomic E-state index is 12.1. The zero-order valence-electron chi connectivity index (χ0n) is 12.4. The van der Waals surface area contributed by atoms with Crippen LogP contribution < -0.4 is 16.0 Å². The number of aryl methyl sites for hydroxylation is 1. The predicted molar refractivity (Wildman–Crippen MR) is 78.0 cm³/mol. The SMILES string of the molecule is CC(C)OCCCNS(=O)(=O)c1cc(C(=O)NN)n(C)c1. The second kappa shape index (κ2) is 7.55. The van der Waals surface area contributed by atoms with Crippen molar-refractivity contribution in [1.82, 2.24) is 14.7 Å². The lowest BCUT2D eigenvalue weighted by Crippen LogP contribution is -2.31. The average molecular weight is 318 g/mol. The van der Waals surface area contributed by atoms with E-state index in [1.807, 2.05) is 19.3 Å². The number of aromatic nitrogens is 1. The first kappa shape index (κ1) is 17.6. The first-order valence-corrected chi connectivity index (χ1v) is 8.05. The van der Waals surface area contributed by atoms with Gasteiger partial charge in [0.05, 0.1) is 6.10 Å². The normalized spacial score (nSPS) is 11.9. The molecule has 0 radical (unpaired) electrons. The number of carbonyl (C=O) groups excluding carboxylic acids is 1. The van der Waals surface area contributed by atoms with Crippen molar-refractivity contribution in [2.45, 2.75) is 31.3 Å². The second-order valence-corrected chi connectivity index (χ2v) is 6.58. The Bertz CT molecular complexity index is 580. The smallest absolute Gasteiger partial charge is 0.281 e. The lowest BCUT2D eigenvalue weighted by atomic mass is 10.4. The predicted octanol–water partition coefficient (Wildman–Crippen LogP) is -0.278. The summed E-state index contributed by atoms with van der Waals surface area (Å²) in [7, 11) is -2.08. The van der Waals surface area contributed by atoms with E-state index >= 15 is 0 Å². The highest BCUT2D eigenvalue weighted by Gasteiger charge is 2.19. The summed E-state index contributed by atoms with van der Waals surface area (Å²) in [6.45, 7) is 4.58. The second-order valence-electron chi connectivity index (χ2n) is 4.82. The Labute approximate surface area is 124 Å². The van der Waals surface area contributed by atoms with E-state index in [9.17, 15) is 13.2 Å². The molecule has 1 aromatic heterocycles. The summed E-state index contributed by atoms with van der Waals surface area (Å²) in [6, 6.07) is 1.27. The molecular weight excluding hydrogens is 296 g/mol. The zero-order valence-corrected chi connectivity index (χ0v) is 13.2. The van der Waals surface area contributed by atoms with E-state index in [0.29, 0.717) is 13.0 Å². The van der Waals surface area contributed by atoms with Gasteiger partial charge in [0, 0.05) is 26.4 Å². The highest BCUT2D eigenvalue weighted by Crippen LogP contribution is 2.13. The molecule has 1 rings (SSSR count). The number of ether oxygens (including phenoxy) is 1. The van der Waals surface area contributed by atoms with Crippen LogP contribution in [0.2, 0.25) is 0 Å². The molecule has 4 N–H and O–H groups in total. The molecule has 0 aliphatic heterocycles. The molecule has 0 saturated heterocycles. The lowest BCUT2D eigenvalue weighted by molar-refractivity contribution is 0.0778. The lowest BCUT2D eigenvalue weighted by Gasteiger charge is -2.08. The van der Waals surface area contributed by atoms with Gasteiger partial charge in [0.25, 0.3) is 5.91 Å². The van der Waals surface area contributed by atoms with Crippen LogP contribution in [0.1, 0.15) is 30.8 Å². The third-order valence-corrected chi connectivity index (χ3v) is 4.15. The van der Waals surface area contributed by atoms with Gasteiger partial charge in [0.2, 0.25) is 10.0 Å². The van der Waals surface area contributed by atoms with Crippen LogP contribution in [-0.4, -0.2) is 38.1 Å². The summed E-state index contributed by atoms with van der Waals surface area (Å²) >= 11 is 0. The van der Waals surface area contributed by atoms with Gasteiger partial charge < -0.3 is 9.30 Å². The number of nitrogens with two attached hydrogens (primary N) is 1. The van der Waals surface area contributed by atoms with Gasteiger partial charge in [-0.05, 0) is 26.3 Å². The minimum Gasteiger partial charge on any atom is -0.379 e. The Kier molecular flexibility index (Phi) is 6.34. The fraction of sp³-hybridized carbons (Fsp3) is 0.583. The first-order valence-electron chi connectivity index (χ1n) is 6.56. The molecule has 0 aromatic carbocycles. The first-order chi connectivity index (χ1) is 9.77. The molecule has 9 heteroatoms. The number of nitrogens with zero attached hydrogens (tertiary/aromatic N) is 1. The van der Waals surface area contributed by atoms with E-state index in [-0.39, 0.29) is 23.2 Å². The molecular formula is C12H22N4O4S. The number of hydrogen-bond donors (Lipinski definition) is 3. The number of hydrogen-bond acceptors (Lipinski definition) is 5. The molecule has 1 amide bonds. The quantitative estimate of drug-likeness (QED) is 0.264. The molecule has 120 valence electrons. The summed E-state index contributed by atoms with van der Waals surface area (Å²) < 4.78 is 33.3. The largest absolute Gasteiger partial charge is 0.379 e. The average Bonchev–Trinajstić information content (AvgIpc) is 2.80. The molecule has 0 bridgehead atoms. The van der Waals surface area contributed by atoms with Gasteiger partial charge in [0.15, 0.2) is 0 Å². The third kappa shape index (κ3) is 5.12. The maximum absolute atomic E-state index is 12.1. The van der Waals surface area contributed by atoms with Crippen LogP contribution in [0.25, 0.3) is 0 Å². The molecule has 0 atom stereocenters. The van der Waals surface area contributed by atoms with Crippen molar-refractivity contribution in [3.8, 4) is 0 Å². The van der Waals surface area contributed by atoms with Gasteiger partial charge in [-0.3, -0.25) is 10.2 Å². The highest BCUT2D eigenvalue weighted by atomic mass is 32.2. The van der Waals surface area contributed by atoms with Gasteiger partial charge in [-0.15, -0.1) is 0 Å². The van der Waals surface area contributed by atoms with Crippen LogP contribution in [0.4, 0.5) is 0 Å². The van der Waals surface area contributed by atoms with Crippen LogP contribution in [0.3, 0.4) is 0 Å². The van der Waals surface area contributed by atoms with Crippen molar-refractivity contribution in [2.24, 2.45) is 12.9 Å². The van der Waals surface area contributed by atoms with Gasteiger partial charge in [-0.2, -0.15) is 0 Å². The van der Waals surface area contributed by atoms with Crippen molar-refractivity contribution in [2.75, 3.05) is 13.2 Å². The summed E-state index contributed by atoms with van der Waals surface area (Å²) in [5.41, 5.74) is 2.13. The fourth-order valence-electron chi connectivity index (χ4n) is 1.66. The molecule has 0 fully saturated rings. The molecule has 1 aromatic rings. The number of nitrogens with one attached hydrogen (secondary N) is 2. The van der Waals surface area contributed by atoms with Crippen LogP contribution >= 0.6 is 0 Å². The minimum absolute atomic E-state index is 0.0216. The molecule has 0 spiro atoms. The van der Waals surface area contributed by atoms with Crippen LogP contribution in [0, 0.1) is 0 Å². The zero-order chi connectivity index (χ0) is 16.0. The number of hydrazine groups is 1. The van der Waals surface area contributed by atoms with Crippen molar-refractivity contribution in [3.63, 3.8) is 0 Å². The van der Waals surface area contributed by atoms with Gasteiger partial charge in [0.1, 0.15) is 10.6 Å². The number of sulfonamides is 1. The number of nitrogen functional groups attached to an aromatic ring is 1. The molecule has 21 heavy (non-hydrogen) atoms. The minimum atomic E-state index is -3.65. The summed E-state index contributed by atoms with van der Waals surface area (Å²) in [6.07, 6.45) is 2.05. The standard InChI is InChI=1S/C12H22N4O4S/c1-9(2)20-6-4-5-14-21(18,19)10-7-11(12(17)15-13)16(3)8-10/h7-9,14H,4-6,13H2,1-3H3,(H,15,17). The Hall–Kier alpha value is -1.42. The Morgan fingerprint density at radius 1 is 1.48 bits per heavy atom. The van der Waals surface area contributed by atoms with Crippen molar-refractivity contribution < 1.29 is 17.9 Å². The number of carbonyl (C=O) groups is 1. The van der Waals surface area contributed by atoms with Gasteiger partial charge in [-0.1, -0.05) is 0 Å². The molecule has 0 unspecified atom stereocenters. The van der Waals surface area contributed by atoms with Crippen LogP contribution in [0.15, 0.2) is 17.2 Å². The maximum Gasteiger partial charge on any atom is 0.281 e. The van der Waals surface area contributed by atoms with Gasteiger partial charge in [-0.25, -0.2) is 19.0 Å². The third-order valence-electron chi connectivity index (χ3n) is 2.72. The number of rotatable bonds is 8. The van der Waals surface area contributed by atoms with Gasteiger partial charge >= 0.3 is 0 Å². The molecule has 0 saturated carbocycles. The molecule has 0 aliphatic rings. The summed E-state index contributed by atoms with van der Waals surface area (Å²) in [5, 5.41) is 0. The molecule has 1 heterocycles. The molecule has 8 nitrogen and oxygen atoms in total. The number of amides is 1. The van der Waals surface area contributed by atoms with E-state index in [2.05, 4.69) is 4.72 Å². The van der Waals surface area contributed by atoms with Crippen molar-refractivity contribution >= 4 is 15.9 Å². The summed E-state index contributed by atoms with van der Waals surface area (Å²) in [4.78, 5) is 11.5. The Balaban J connectivity index is 2.64. The van der Waals surface area contributed by atoms with Crippen molar-refractivity contribution in [3.05, 3.63) is 18.0 Å². The highest BCUT2D eigenvalue weighted by molar-refractivity contribution is 7.89. The topological polar surface area (TPSA) is 115 Å². The van der Waals surface area contributed by atoms with Crippen molar-refractivity contribution in [1.29, 1.82) is 0 Å². The van der Waals surface area contributed by atoms with E-state index in [0.717, 1.165) is 0 Å². The van der Waals surface area contributed by atoms with Crippen LogP contribution in [0.5, 0.6) is 0 Å². The van der Waals surface area contributed by atoms with Crippen LogP contribution in [-0.2, 0) is 21.8 Å². The van der Waals surface area contributed by atoms with E-state index in [4.69, 9.17) is 10.6 Å². The van der Waals surface area contributed by atoms with E-state index in [1.165, 1.54) is 16.8 Å². The summed E-state index contributed by atoms with van der Waals surface area (Å²) in [5.74, 6) is 4.49.